The minimum absolute atomic E-state index is 0.0704. The van der Waals surface area contributed by atoms with Crippen LogP contribution in [0.15, 0.2) is 48.5 Å². The van der Waals surface area contributed by atoms with Crippen LogP contribution in [-0.2, 0) is 21.4 Å². The van der Waals surface area contributed by atoms with E-state index in [0.29, 0.717) is 25.3 Å². The summed E-state index contributed by atoms with van der Waals surface area (Å²) in [5.74, 6) is 0.791. The van der Waals surface area contributed by atoms with Gasteiger partial charge in [-0.25, -0.2) is 8.42 Å². The number of methoxy groups -OCH3 is 1. The van der Waals surface area contributed by atoms with Crippen LogP contribution in [0.2, 0.25) is 0 Å². The molecule has 2 aliphatic rings. The number of rotatable bonds is 5. The van der Waals surface area contributed by atoms with Crippen molar-refractivity contribution in [3.63, 3.8) is 0 Å². The first kappa shape index (κ1) is 23.6. The summed E-state index contributed by atoms with van der Waals surface area (Å²) in [5, 5.41) is -0.516. The van der Waals surface area contributed by atoms with Gasteiger partial charge in [-0.3, -0.25) is 4.79 Å². The van der Waals surface area contributed by atoms with Crippen molar-refractivity contribution in [3.05, 3.63) is 59.7 Å². The van der Waals surface area contributed by atoms with Gasteiger partial charge in [-0.2, -0.15) is 4.31 Å². The fraction of sp³-hybridized carbons (Fsp3) is 0.480. The zero-order chi connectivity index (χ0) is 23.6. The Morgan fingerprint density at radius 1 is 1.03 bits per heavy atom. The van der Waals surface area contributed by atoms with Crippen LogP contribution in [0.25, 0.3) is 0 Å². The predicted octanol–water partition coefficient (Wildman–Crippen LogP) is 3.42. The molecule has 2 fully saturated rings. The molecule has 178 valence electrons. The Morgan fingerprint density at radius 3 is 2.36 bits per heavy atom. The van der Waals surface area contributed by atoms with Crippen LogP contribution in [0.3, 0.4) is 0 Å². The topological polar surface area (TPSA) is 70.2 Å². The number of benzene rings is 2. The highest BCUT2D eigenvalue weighted by atomic mass is 32.2. The van der Waals surface area contributed by atoms with E-state index < -0.39 is 15.3 Å². The van der Waals surface area contributed by atoms with Crippen LogP contribution in [0.4, 0.5) is 5.69 Å². The lowest BCUT2D eigenvalue weighted by molar-refractivity contribution is -0.129. The molecule has 4 rings (SSSR count). The Kier molecular flexibility index (Phi) is 6.95. The molecule has 2 aromatic carbocycles. The molecule has 7 nitrogen and oxygen atoms in total. The van der Waals surface area contributed by atoms with Gasteiger partial charge in [0.2, 0.25) is 15.9 Å². The van der Waals surface area contributed by atoms with Gasteiger partial charge in [0, 0.05) is 63.0 Å². The summed E-state index contributed by atoms with van der Waals surface area (Å²) in [5.41, 5.74) is 2.73. The molecule has 0 aromatic heterocycles. The number of amides is 1. The molecule has 33 heavy (non-hydrogen) atoms. The molecule has 2 heterocycles. The zero-order valence-electron chi connectivity index (χ0n) is 19.6. The van der Waals surface area contributed by atoms with Crippen molar-refractivity contribution in [2.75, 3.05) is 38.2 Å². The largest absolute Gasteiger partial charge is 0.496 e. The van der Waals surface area contributed by atoms with Gasteiger partial charge in [0.05, 0.1) is 7.11 Å². The molecule has 2 aromatic rings. The minimum atomic E-state index is -3.50. The first-order valence-electron chi connectivity index (χ1n) is 11.5. The maximum atomic E-state index is 13.6. The number of nitrogens with zero attached hydrogens (tertiary/aromatic N) is 3. The SMILES string of the molecule is COc1cc(N2CCN(C(C)=O)CC2)ccc1CN1C(C)CCC(c2ccccc2)S1(=O)=O. The minimum Gasteiger partial charge on any atom is -0.496 e. The molecule has 2 aliphatic heterocycles. The Balaban J connectivity index is 1.54. The normalized spacial score (nSPS) is 23.4. The van der Waals surface area contributed by atoms with E-state index in [2.05, 4.69) is 4.90 Å². The van der Waals surface area contributed by atoms with E-state index in [1.807, 2.05) is 60.4 Å². The molecule has 0 N–H and O–H groups in total. The maximum absolute atomic E-state index is 13.6. The third-order valence-corrected chi connectivity index (χ3v) is 9.25. The van der Waals surface area contributed by atoms with E-state index in [4.69, 9.17) is 4.74 Å². The molecular weight excluding hydrogens is 438 g/mol. The van der Waals surface area contributed by atoms with Crippen molar-refractivity contribution in [2.45, 2.75) is 44.5 Å². The monoisotopic (exact) mass is 471 g/mol. The van der Waals surface area contributed by atoms with Gasteiger partial charge in [0.25, 0.3) is 0 Å². The van der Waals surface area contributed by atoms with Crippen molar-refractivity contribution in [1.29, 1.82) is 0 Å². The van der Waals surface area contributed by atoms with E-state index >= 15 is 0 Å². The molecule has 2 atom stereocenters. The Bertz CT molecular complexity index is 1080. The van der Waals surface area contributed by atoms with E-state index in [1.165, 1.54) is 0 Å². The molecular formula is C25H33N3O4S. The number of ether oxygens (including phenoxy) is 1. The second-order valence-corrected chi connectivity index (χ2v) is 11.0. The predicted molar refractivity (Wildman–Crippen MR) is 130 cm³/mol. The van der Waals surface area contributed by atoms with Crippen molar-refractivity contribution < 1.29 is 17.9 Å². The molecule has 8 heteroatoms. The van der Waals surface area contributed by atoms with Crippen molar-refractivity contribution in [1.82, 2.24) is 9.21 Å². The first-order valence-corrected chi connectivity index (χ1v) is 13.0. The van der Waals surface area contributed by atoms with Crippen molar-refractivity contribution in [2.24, 2.45) is 0 Å². The summed E-state index contributed by atoms with van der Waals surface area (Å²) < 4.78 is 34.5. The van der Waals surface area contributed by atoms with Gasteiger partial charge >= 0.3 is 0 Å². The highest BCUT2D eigenvalue weighted by molar-refractivity contribution is 7.89. The standard InChI is InChI=1S/C25H33N3O4S/c1-19-9-12-25(21-7-5-4-6-8-21)33(30,31)28(19)18-22-10-11-23(17-24(22)32-3)27-15-13-26(14-16-27)20(2)29/h4-8,10-11,17,19,25H,9,12-16,18H2,1-3H3. The molecule has 0 aliphatic carbocycles. The molecule has 0 radical (unpaired) electrons. The summed E-state index contributed by atoms with van der Waals surface area (Å²) in [6, 6.07) is 15.4. The van der Waals surface area contributed by atoms with Crippen molar-refractivity contribution >= 4 is 21.6 Å². The van der Waals surface area contributed by atoms with Crippen LogP contribution >= 0.6 is 0 Å². The molecule has 2 saturated heterocycles. The van der Waals surface area contributed by atoms with E-state index in [1.54, 1.807) is 18.3 Å². The summed E-state index contributed by atoms with van der Waals surface area (Å²) in [6.07, 6.45) is 1.45. The fourth-order valence-corrected chi connectivity index (χ4v) is 7.05. The smallest absolute Gasteiger partial charge is 0.221 e. The van der Waals surface area contributed by atoms with E-state index in [9.17, 15) is 13.2 Å². The zero-order valence-corrected chi connectivity index (χ0v) is 20.4. The van der Waals surface area contributed by atoms with Crippen LogP contribution in [0.5, 0.6) is 5.75 Å². The van der Waals surface area contributed by atoms with Crippen LogP contribution in [-0.4, -0.2) is 62.9 Å². The van der Waals surface area contributed by atoms with Gasteiger partial charge in [0.1, 0.15) is 11.0 Å². The summed E-state index contributed by atoms with van der Waals surface area (Å²) in [7, 11) is -1.88. The van der Waals surface area contributed by atoms with Gasteiger partial charge in [-0.15, -0.1) is 0 Å². The Hall–Kier alpha value is -2.58. The second-order valence-electron chi connectivity index (χ2n) is 8.91. The lowest BCUT2D eigenvalue weighted by Gasteiger charge is -2.38. The number of piperazine rings is 1. The van der Waals surface area contributed by atoms with Gasteiger partial charge in [-0.05, 0) is 31.4 Å². The average Bonchev–Trinajstić information content (AvgIpc) is 2.82. The third-order valence-electron chi connectivity index (χ3n) is 6.88. The molecule has 2 unspecified atom stereocenters. The average molecular weight is 472 g/mol. The highest BCUT2D eigenvalue weighted by Gasteiger charge is 2.40. The Morgan fingerprint density at radius 2 is 1.73 bits per heavy atom. The summed E-state index contributed by atoms with van der Waals surface area (Å²) in [4.78, 5) is 15.7. The second kappa shape index (κ2) is 9.73. The number of anilines is 1. The number of hydrogen-bond donors (Lipinski definition) is 0. The summed E-state index contributed by atoms with van der Waals surface area (Å²) >= 11 is 0. The van der Waals surface area contributed by atoms with Crippen LogP contribution < -0.4 is 9.64 Å². The van der Waals surface area contributed by atoms with Crippen LogP contribution in [0, 0.1) is 0 Å². The first-order chi connectivity index (χ1) is 15.8. The lowest BCUT2D eigenvalue weighted by Crippen LogP contribution is -2.48. The maximum Gasteiger partial charge on any atom is 0.221 e. The summed E-state index contributed by atoms with van der Waals surface area (Å²) in [6.45, 7) is 6.79. The number of hydrogen-bond acceptors (Lipinski definition) is 5. The van der Waals surface area contributed by atoms with Crippen molar-refractivity contribution in [3.8, 4) is 5.75 Å². The molecule has 0 saturated carbocycles. The number of carbonyl (C=O) groups excluding carboxylic acids is 1. The fourth-order valence-electron chi connectivity index (χ4n) is 4.86. The number of sulfonamides is 1. The molecule has 0 bridgehead atoms. The van der Waals surface area contributed by atoms with Crippen LogP contribution in [0.1, 0.15) is 43.1 Å². The van der Waals surface area contributed by atoms with Gasteiger partial charge in [-0.1, -0.05) is 36.4 Å². The highest BCUT2D eigenvalue weighted by Crippen LogP contribution is 2.39. The third kappa shape index (κ3) is 4.87. The van der Waals surface area contributed by atoms with E-state index in [0.717, 1.165) is 36.3 Å². The van der Waals surface area contributed by atoms with Gasteiger partial charge in [0.15, 0.2) is 0 Å². The van der Waals surface area contributed by atoms with Gasteiger partial charge < -0.3 is 14.5 Å². The number of carbonyl (C=O) groups is 1. The molecule has 0 spiro atoms. The quantitative estimate of drug-likeness (QED) is 0.668. The lowest BCUT2D eigenvalue weighted by atomic mass is 10.0. The Labute approximate surface area is 197 Å². The van der Waals surface area contributed by atoms with E-state index in [-0.39, 0.29) is 18.5 Å². The molecule has 1 amide bonds.